The number of halogens is 1. The van der Waals surface area contributed by atoms with Gasteiger partial charge in [0.2, 0.25) is 15.0 Å². The lowest BCUT2D eigenvalue weighted by atomic mass is 10.3. The first-order valence-corrected chi connectivity index (χ1v) is 7.41. The zero-order valence-corrected chi connectivity index (χ0v) is 10.7. The van der Waals surface area contributed by atoms with E-state index in [4.69, 9.17) is 10.7 Å². The molecule has 1 unspecified atom stereocenters. The van der Waals surface area contributed by atoms with E-state index in [1.165, 1.54) is 4.90 Å². The van der Waals surface area contributed by atoms with E-state index in [0.29, 0.717) is 5.82 Å². The number of hydrogen-bond donors (Lipinski definition) is 0. The molecule has 0 bridgehead atoms. The van der Waals surface area contributed by atoms with Crippen molar-refractivity contribution >= 4 is 31.5 Å². The molecule has 0 spiro atoms. The van der Waals surface area contributed by atoms with Gasteiger partial charge in [0.05, 0.1) is 0 Å². The minimum Gasteiger partial charge on any atom is -0.295 e. The van der Waals surface area contributed by atoms with Gasteiger partial charge in [0, 0.05) is 29.8 Å². The third-order valence-electron chi connectivity index (χ3n) is 2.66. The Morgan fingerprint density at radius 3 is 2.65 bits per heavy atom. The molecule has 2 heterocycles. The maximum absolute atomic E-state index is 11.7. The summed E-state index contributed by atoms with van der Waals surface area (Å²) in [7, 11) is 1.55. The molecule has 0 aliphatic carbocycles. The number of anilines is 1. The molecule has 1 aliphatic heterocycles. The van der Waals surface area contributed by atoms with Crippen molar-refractivity contribution < 1.29 is 13.2 Å². The topological polar surface area (TPSA) is 67.3 Å². The van der Waals surface area contributed by atoms with E-state index < -0.39 is 14.3 Å². The molecule has 0 N–H and O–H groups in total. The lowest BCUT2D eigenvalue weighted by molar-refractivity contribution is -0.117. The normalized spacial score (nSPS) is 20.9. The summed E-state index contributed by atoms with van der Waals surface area (Å²) in [6.45, 7) is 1.95. The molecule has 1 saturated heterocycles. The molecule has 1 atom stereocenters. The molecule has 0 aromatic carbocycles. The van der Waals surface area contributed by atoms with E-state index in [1.807, 2.05) is 13.0 Å². The second-order valence-electron chi connectivity index (χ2n) is 4.00. The largest absolute Gasteiger partial charge is 0.295 e. The highest BCUT2D eigenvalue weighted by molar-refractivity contribution is 8.14. The Hall–Kier alpha value is -1.14. The fraction of sp³-hybridized carbons (Fsp3) is 0.400. The summed E-state index contributed by atoms with van der Waals surface area (Å²) in [6.07, 6.45) is 1.55. The number of nitrogens with zero attached hydrogens (tertiary/aromatic N) is 2. The van der Waals surface area contributed by atoms with Gasteiger partial charge < -0.3 is 0 Å². The SMILES string of the molecule is Cc1ccc(N2CC(S(=O)(=O)Cl)CC2=O)nc1. The second kappa shape index (κ2) is 4.27. The summed E-state index contributed by atoms with van der Waals surface area (Å²) in [5.41, 5.74) is 0.974. The molecule has 1 aliphatic rings. The number of amides is 1. The van der Waals surface area contributed by atoms with Crippen LogP contribution in [0.25, 0.3) is 0 Å². The molecule has 1 aromatic heterocycles. The van der Waals surface area contributed by atoms with Crippen molar-refractivity contribution in [3.8, 4) is 0 Å². The molecule has 0 radical (unpaired) electrons. The standard InChI is InChI=1S/C10H11ClN2O3S/c1-7-2-3-9(12-5-7)13-6-8(4-10(13)14)17(11,15)16/h2-3,5,8H,4,6H2,1H3. The molecule has 0 saturated carbocycles. The molecule has 7 heteroatoms. The molecule has 2 rings (SSSR count). The average Bonchev–Trinajstić information content (AvgIpc) is 2.61. The summed E-state index contributed by atoms with van der Waals surface area (Å²) in [5, 5.41) is -0.847. The van der Waals surface area contributed by atoms with E-state index in [-0.39, 0.29) is 18.9 Å². The Labute approximate surface area is 104 Å². The number of aryl methyl sites for hydroxylation is 1. The fourth-order valence-electron chi connectivity index (χ4n) is 1.70. The van der Waals surface area contributed by atoms with Gasteiger partial charge in [-0.05, 0) is 18.6 Å². The van der Waals surface area contributed by atoms with Crippen molar-refractivity contribution in [2.24, 2.45) is 0 Å². The molecule has 92 valence electrons. The Balaban J connectivity index is 2.24. The number of carbonyl (C=O) groups is 1. The lowest BCUT2D eigenvalue weighted by Crippen LogP contribution is -2.27. The highest BCUT2D eigenvalue weighted by Gasteiger charge is 2.38. The van der Waals surface area contributed by atoms with Crippen LogP contribution < -0.4 is 4.90 Å². The van der Waals surface area contributed by atoms with Gasteiger partial charge in [0.25, 0.3) is 0 Å². The van der Waals surface area contributed by atoms with E-state index in [1.54, 1.807) is 12.3 Å². The van der Waals surface area contributed by atoms with E-state index in [2.05, 4.69) is 4.98 Å². The molecular formula is C10H11ClN2O3S. The van der Waals surface area contributed by atoms with Gasteiger partial charge in [0.1, 0.15) is 11.1 Å². The molecule has 17 heavy (non-hydrogen) atoms. The first-order valence-electron chi connectivity index (χ1n) is 5.04. The van der Waals surface area contributed by atoms with Gasteiger partial charge in [-0.1, -0.05) is 6.07 Å². The summed E-state index contributed by atoms with van der Waals surface area (Å²) in [6, 6.07) is 3.51. The third kappa shape index (κ3) is 2.58. The van der Waals surface area contributed by atoms with Crippen LogP contribution in [0.3, 0.4) is 0 Å². The van der Waals surface area contributed by atoms with Gasteiger partial charge in [-0.15, -0.1) is 0 Å². The van der Waals surface area contributed by atoms with E-state index in [9.17, 15) is 13.2 Å². The van der Waals surface area contributed by atoms with Crippen molar-refractivity contribution in [3.63, 3.8) is 0 Å². The highest BCUT2D eigenvalue weighted by Crippen LogP contribution is 2.25. The summed E-state index contributed by atoms with van der Waals surface area (Å²) < 4.78 is 22.4. The Morgan fingerprint density at radius 2 is 2.18 bits per heavy atom. The summed E-state index contributed by atoms with van der Waals surface area (Å²) in [5.74, 6) is 0.194. The van der Waals surface area contributed by atoms with Crippen LogP contribution >= 0.6 is 10.7 Å². The maximum Gasteiger partial charge on any atom is 0.237 e. The maximum atomic E-state index is 11.7. The van der Waals surface area contributed by atoms with Gasteiger partial charge in [0.15, 0.2) is 0 Å². The number of pyridine rings is 1. The zero-order valence-electron chi connectivity index (χ0n) is 9.13. The second-order valence-corrected chi connectivity index (χ2v) is 6.91. The van der Waals surface area contributed by atoms with Crippen LogP contribution in [0.15, 0.2) is 18.3 Å². The zero-order chi connectivity index (χ0) is 12.6. The molecule has 1 aromatic rings. The van der Waals surface area contributed by atoms with Gasteiger partial charge in [-0.25, -0.2) is 13.4 Å². The monoisotopic (exact) mass is 274 g/mol. The summed E-state index contributed by atoms with van der Waals surface area (Å²) >= 11 is 0. The van der Waals surface area contributed by atoms with Crippen molar-refractivity contribution in [1.82, 2.24) is 4.98 Å². The lowest BCUT2D eigenvalue weighted by Gasteiger charge is -2.14. The average molecular weight is 275 g/mol. The van der Waals surface area contributed by atoms with Crippen molar-refractivity contribution in [3.05, 3.63) is 23.9 Å². The molecular weight excluding hydrogens is 264 g/mol. The van der Waals surface area contributed by atoms with Crippen LogP contribution in [-0.2, 0) is 13.8 Å². The van der Waals surface area contributed by atoms with Gasteiger partial charge in [-0.2, -0.15) is 0 Å². The van der Waals surface area contributed by atoms with Crippen LogP contribution in [0, 0.1) is 6.92 Å². The molecule has 1 fully saturated rings. The third-order valence-corrected chi connectivity index (χ3v) is 4.53. The summed E-state index contributed by atoms with van der Waals surface area (Å²) in [4.78, 5) is 17.1. The van der Waals surface area contributed by atoms with Crippen molar-refractivity contribution in [1.29, 1.82) is 0 Å². The molecule has 1 amide bonds. The number of carbonyl (C=O) groups excluding carboxylic acids is 1. The number of rotatable bonds is 2. The quantitative estimate of drug-likeness (QED) is 0.757. The predicted molar refractivity (Wildman–Crippen MR) is 64.5 cm³/mol. The minimum absolute atomic E-state index is 0.0702. The predicted octanol–water partition coefficient (Wildman–Crippen LogP) is 1.06. The number of hydrogen-bond acceptors (Lipinski definition) is 4. The van der Waals surface area contributed by atoms with Gasteiger partial charge in [-0.3, -0.25) is 9.69 Å². The van der Waals surface area contributed by atoms with Crippen LogP contribution in [0.2, 0.25) is 0 Å². The highest BCUT2D eigenvalue weighted by atomic mass is 35.7. The Bertz CT molecular complexity index is 541. The van der Waals surface area contributed by atoms with Crippen LogP contribution in [0.5, 0.6) is 0 Å². The molecule has 5 nitrogen and oxygen atoms in total. The van der Waals surface area contributed by atoms with E-state index >= 15 is 0 Å². The fourth-order valence-corrected chi connectivity index (χ4v) is 2.73. The van der Waals surface area contributed by atoms with Gasteiger partial charge >= 0.3 is 0 Å². The van der Waals surface area contributed by atoms with Crippen LogP contribution in [-0.4, -0.2) is 31.1 Å². The first kappa shape index (κ1) is 12.3. The van der Waals surface area contributed by atoms with Crippen LogP contribution in [0.4, 0.5) is 5.82 Å². The van der Waals surface area contributed by atoms with Crippen molar-refractivity contribution in [2.75, 3.05) is 11.4 Å². The Kier molecular flexibility index (Phi) is 3.09. The first-order chi connectivity index (χ1) is 7.88. The van der Waals surface area contributed by atoms with Crippen LogP contribution in [0.1, 0.15) is 12.0 Å². The Morgan fingerprint density at radius 1 is 1.47 bits per heavy atom. The smallest absolute Gasteiger partial charge is 0.237 e. The van der Waals surface area contributed by atoms with E-state index in [0.717, 1.165) is 5.56 Å². The number of aromatic nitrogens is 1. The van der Waals surface area contributed by atoms with Crippen molar-refractivity contribution in [2.45, 2.75) is 18.6 Å². The minimum atomic E-state index is -3.70.